The quantitative estimate of drug-likeness (QED) is 0.482. The Morgan fingerprint density at radius 2 is 1.24 bits per heavy atom. The highest BCUT2D eigenvalue weighted by atomic mass is 16.7. The second kappa shape index (κ2) is 9.05. The van der Waals surface area contributed by atoms with Crippen molar-refractivity contribution in [1.29, 1.82) is 0 Å². The highest BCUT2D eigenvalue weighted by Gasteiger charge is 2.17. The summed E-state index contributed by atoms with van der Waals surface area (Å²) in [5, 5.41) is 11.6. The van der Waals surface area contributed by atoms with E-state index in [0.717, 1.165) is 0 Å². The number of carbonyl (C=O) groups excluding carboxylic acids is 2. The highest BCUT2D eigenvalue weighted by molar-refractivity contribution is 5.99. The highest BCUT2D eigenvalue weighted by Crippen LogP contribution is 2.24. The number of carboxylic acid groups (broad SMARTS) is 1. The molecular formula is C21H15NO7. The third-order valence-corrected chi connectivity index (χ3v) is 3.56. The van der Waals surface area contributed by atoms with Crippen molar-refractivity contribution in [3.8, 4) is 17.2 Å². The van der Waals surface area contributed by atoms with Gasteiger partial charge in [0.15, 0.2) is 0 Å². The van der Waals surface area contributed by atoms with E-state index in [-0.39, 0.29) is 28.5 Å². The first-order valence-corrected chi connectivity index (χ1v) is 8.37. The standard InChI is InChI=1S/C21H15NO7/c23-19(24)17-12-11-16(29-21(26)28-15-9-5-2-6-10-15)13-18(17)22-20(25)27-14-7-3-1-4-8-14/h1-13H,(H,22,25)(H,23,24). The molecule has 0 atom stereocenters. The van der Waals surface area contributed by atoms with Crippen LogP contribution < -0.4 is 19.5 Å². The first-order chi connectivity index (χ1) is 14.0. The van der Waals surface area contributed by atoms with E-state index < -0.39 is 18.2 Å². The summed E-state index contributed by atoms with van der Waals surface area (Å²) in [6.45, 7) is 0. The Morgan fingerprint density at radius 1 is 0.690 bits per heavy atom. The summed E-state index contributed by atoms with van der Waals surface area (Å²) in [6.07, 6.45) is -1.92. The van der Waals surface area contributed by atoms with Crippen LogP contribution >= 0.6 is 0 Å². The SMILES string of the molecule is O=C(Nc1cc(OC(=O)Oc2ccccc2)ccc1C(=O)O)Oc1ccccc1. The van der Waals surface area contributed by atoms with Crippen molar-refractivity contribution in [3.63, 3.8) is 0 Å². The number of anilines is 1. The number of amides is 1. The van der Waals surface area contributed by atoms with E-state index in [9.17, 15) is 19.5 Å². The topological polar surface area (TPSA) is 111 Å². The fourth-order valence-corrected chi connectivity index (χ4v) is 2.31. The molecule has 0 aliphatic rings. The Bertz CT molecular complexity index is 1020. The van der Waals surface area contributed by atoms with Gasteiger partial charge in [-0.05, 0) is 36.4 Å². The van der Waals surface area contributed by atoms with Gasteiger partial charge in [-0.25, -0.2) is 14.4 Å². The van der Waals surface area contributed by atoms with E-state index in [4.69, 9.17) is 14.2 Å². The van der Waals surface area contributed by atoms with E-state index in [1.165, 1.54) is 18.2 Å². The zero-order chi connectivity index (χ0) is 20.6. The molecule has 0 heterocycles. The molecule has 0 unspecified atom stereocenters. The van der Waals surface area contributed by atoms with Crippen molar-refractivity contribution < 1.29 is 33.7 Å². The van der Waals surface area contributed by atoms with Crippen LogP contribution in [0.1, 0.15) is 10.4 Å². The molecular weight excluding hydrogens is 378 g/mol. The van der Waals surface area contributed by atoms with Crippen LogP contribution in [0.5, 0.6) is 17.2 Å². The van der Waals surface area contributed by atoms with Crippen LogP contribution in [0.25, 0.3) is 0 Å². The normalized spacial score (nSPS) is 9.93. The summed E-state index contributed by atoms with van der Waals surface area (Å²) >= 11 is 0. The summed E-state index contributed by atoms with van der Waals surface area (Å²) in [5.74, 6) is -0.741. The molecule has 0 fully saturated rings. The molecule has 3 aromatic rings. The third-order valence-electron chi connectivity index (χ3n) is 3.56. The first-order valence-electron chi connectivity index (χ1n) is 8.37. The largest absolute Gasteiger partial charge is 0.519 e. The fourth-order valence-electron chi connectivity index (χ4n) is 2.31. The number of hydrogen-bond acceptors (Lipinski definition) is 6. The maximum absolute atomic E-state index is 12.1. The van der Waals surface area contributed by atoms with Gasteiger partial charge in [-0.2, -0.15) is 0 Å². The number of ether oxygens (including phenoxy) is 3. The Morgan fingerprint density at radius 3 is 1.83 bits per heavy atom. The number of nitrogens with one attached hydrogen (secondary N) is 1. The summed E-state index contributed by atoms with van der Waals surface area (Å²) in [6, 6.07) is 20.1. The van der Waals surface area contributed by atoms with Gasteiger partial charge < -0.3 is 19.3 Å². The van der Waals surface area contributed by atoms with Gasteiger partial charge in [0.1, 0.15) is 17.2 Å². The molecule has 29 heavy (non-hydrogen) atoms. The molecule has 0 saturated heterocycles. The summed E-state index contributed by atoms with van der Waals surface area (Å²) in [4.78, 5) is 35.4. The van der Waals surface area contributed by atoms with Crippen molar-refractivity contribution in [2.24, 2.45) is 0 Å². The Balaban J connectivity index is 1.72. The van der Waals surface area contributed by atoms with Crippen LogP contribution in [-0.2, 0) is 0 Å². The molecule has 0 aromatic heterocycles. The maximum atomic E-state index is 12.1. The molecule has 146 valence electrons. The van der Waals surface area contributed by atoms with Gasteiger partial charge in [-0.15, -0.1) is 0 Å². The molecule has 3 rings (SSSR count). The molecule has 8 heteroatoms. The molecule has 0 spiro atoms. The van der Waals surface area contributed by atoms with Crippen LogP contribution in [0.3, 0.4) is 0 Å². The van der Waals surface area contributed by atoms with Gasteiger partial charge in [0.05, 0.1) is 11.3 Å². The smallest absolute Gasteiger partial charge is 0.478 e. The Labute approximate surface area is 165 Å². The molecule has 0 bridgehead atoms. The number of aromatic carboxylic acids is 1. The molecule has 1 amide bonds. The second-order valence-corrected chi connectivity index (χ2v) is 5.61. The Kier molecular flexibility index (Phi) is 6.06. The monoisotopic (exact) mass is 393 g/mol. The number of hydrogen-bond donors (Lipinski definition) is 2. The van der Waals surface area contributed by atoms with Crippen molar-refractivity contribution >= 4 is 23.9 Å². The minimum absolute atomic E-state index is 0.0223. The van der Waals surface area contributed by atoms with E-state index in [1.807, 2.05) is 0 Å². The van der Waals surface area contributed by atoms with Crippen LogP contribution in [0.15, 0.2) is 78.9 Å². The molecule has 0 saturated carbocycles. The molecule has 2 N–H and O–H groups in total. The lowest BCUT2D eigenvalue weighted by molar-refractivity contribution is 0.0698. The van der Waals surface area contributed by atoms with Gasteiger partial charge in [0.2, 0.25) is 0 Å². The summed E-state index contributed by atoms with van der Waals surface area (Å²) in [5.41, 5.74) is -0.317. The summed E-state index contributed by atoms with van der Waals surface area (Å²) < 4.78 is 15.1. The molecule has 0 aliphatic carbocycles. The number of carbonyl (C=O) groups is 3. The van der Waals surface area contributed by atoms with Crippen molar-refractivity contribution in [2.75, 3.05) is 5.32 Å². The molecule has 3 aromatic carbocycles. The van der Waals surface area contributed by atoms with Gasteiger partial charge in [0.25, 0.3) is 0 Å². The predicted octanol–water partition coefficient (Wildman–Crippen LogP) is 4.57. The minimum atomic E-state index is -1.28. The number of rotatable bonds is 5. The maximum Gasteiger partial charge on any atom is 0.519 e. The van der Waals surface area contributed by atoms with Gasteiger partial charge in [-0.3, -0.25) is 5.32 Å². The lowest BCUT2D eigenvalue weighted by Gasteiger charge is -2.11. The average Bonchev–Trinajstić information content (AvgIpc) is 2.69. The van der Waals surface area contributed by atoms with Crippen LogP contribution in [0.4, 0.5) is 15.3 Å². The van der Waals surface area contributed by atoms with E-state index in [1.54, 1.807) is 60.7 Å². The lowest BCUT2D eigenvalue weighted by atomic mass is 10.1. The van der Waals surface area contributed by atoms with Crippen molar-refractivity contribution in [1.82, 2.24) is 0 Å². The zero-order valence-electron chi connectivity index (χ0n) is 14.9. The van der Waals surface area contributed by atoms with E-state index in [0.29, 0.717) is 0 Å². The van der Waals surface area contributed by atoms with Crippen LogP contribution in [0.2, 0.25) is 0 Å². The number of benzene rings is 3. The van der Waals surface area contributed by atoms with E-state index in [2.05, 4.69) is 5.32 Å². The zero-order valence-corrected chi connectivity index (χ0v) is 14.9. The molecule has 8 nitrogen and oxygen atoms in total. The van der Waals surface area contributed by atoms with Gasteiger partial charge >= 0.3 is 18.2 Å². The van der Waals surface area contributed by atoms with E-state index >= 15 is 0 Å². The van der Waals surface area contributed by atoms with Crippen molar-refractivity contribution in [3.05, 3.63) is 84.4 Å². The second-order valence-electron chi connectivity index (χ2n) is 5.61. The van der Waals surface area contributed by atoms with Crippen LogP contribution in [0, 0.1) is 0 Å². The summed E-state index contributed by atoms with van der Waals surface area (Å²) in [7, 11) is 0. The van der Waals surface area contributed by atoms with Gasteiger partial charge in [0, 0.05) is 6.07 Å². The third kappa shape index (κ3) is 5.57. The number of carboxylic acids is 1. The average molecular weight is 393 g/mol. The fraction of sp³-hybridized carbons (Fsp3) is 0. The predicted molar refractivity (Wildman–Crippen MR) is 103 cm³/mol. The minimum Gasteiger partial charge on any atom is -0.478 e. The molecule has 0 aliphatic heterocycles. The Hall–Kier alpha value is -4.33. The lowest BCUT2D eigenvalue weighted by Crippen LogP contribution is -2.19. The molecule has 0 radical (unpaired) electrons. The van der Waals surface area contributed by atoms with Crippen LogP contribution in [-0.4, -0.2) is 23.3 Å². The number of para-hydroxylation sites is 2. The van der Waals surface area contributed by atoms with Crippen molar-refractivity contribution in [2.45, 2.75) is 0 Å². The van der Waals surface area contributed by atoms with Gasteiger partial charge in [-0.1, -0.05) is 36.4 Å². The first kappa shape index (κ1) is 19.4.